The predicted molar refractivity (Wildman–Crippen MR) is 48.9 cm³/mol. The lowest BCUT2D eigenvalue weighted by molar-refractivity contribution is 0.629. The molecule has 0 aliphatic carbocycles. The van der Waals surface area contributed by atoms with E-state index < -0.39 is 5.82 Å². The Morgan fingerprint density at radius 1 is 1.31 bits per heavy atom. The fraction of sp³-hybridized carbons (Fsp3) is 0. The first kappa shape index (κ1) is 7.79. The molecule has 2 aromatic rings. The van der Waals surface area contributed by atoms with E-state index in [1.54, 1.807) is 6.07 Å². The lowest BCUT2D eigenvalue weighted by Gasteiger charge is -1.98. The Morgan fingerprint density at radius 2 is 2.08 bits per heavy atom. The van der Waals surface area contributed by atoms with Crippen molar-refractivity contribution < 1.29 is 4.39 Å². The number of hydrogen-bond acceptors (Lipinski definition) is 2. The molecule has 0 saturated carbocycles. The maximum Gasteiger partial charge on any atom is 0.257 e. The fourth-order valence-electron chi connectivity index (χ4n) is 1.25. The van der Waals surface area contributed by atoms with Crippen molar-refractivity contribution in [2.75, 3.05) is 5.73 Å². The number of halogens is 1. The van der Waals surface area contributed by atoms with Crippen LogP contribution in [0, 0.1) is 5.82 Å². The molecular formula is C9H7FN2O. The Kier molecular flexibility index (Phi) is 1.55. The molecule has 1 aromatic heterocycles. The van der Waals surface area contributed by atoms with E-state index in [1.807, 2.05) is 0 Å². The summed E-state index contributed by atoms with van der Waals surface area (Å²) in [6.07, 6.45) is 0. The molecule has 1 aromatic carbocycles. The number of H-pyrrole nitrogens is 1. The number of nitrogens with one attached hydrogen (secondary N) is 1. The van der Waals surface area contributed by atoms with Crippen molar-refractivity contribution in [2.45, 2.75) is 0 Å². The quantitative estimate of drug-likeness (QED) is 0.637. The molecule has 66 valence electrons. The monoisotopic (exact) mass is 178 g/mol. The lowest BCUT2D eigenvalue weighted by atomic mass is 10.2. The average Bonchev–Trinajstić information content (AvgIpc) is 2.06. The molecule has 0 aliphatic rings. The number of anilines is 1. The molecule has 1 heterocycles. The highest BCUT2D eigenvalue weighted by Crippen LogP contribution is 2.12. The fourth-order valence-corrected chi connectivity index (χ4v) is 1.25. The van der Waals surface area contributed by atoms with Crippen LogP contribution in [0.1, 0.15) is 0 Å². The van der Waals surface area contributed by atoms with Crippen molar-refractivity contribution in [3.8, 4) is 0 Å². The first-order valence-electron chi connectivity index (χ1n) is 3.75. The highest BCUT2D eigenvalue weighted by atomic mass is 19.1. The van der Waals surface area contributed by atoms with Gasteiger partial charge in [-0.1, -0.05) is 6.07 Å². The topological polar surface area (TPSA) is 58.9 Å². The van der Waals surface area contributed by atoms with E-state index in [1.165, 1.54) is 18.2 Å². The number of pyridine rings is 1. The molecule has 13 heavy (non-hydrogen) atoms. The molecule has 0 fully saturated rings. The summed E-state index contributed by atoms with van der Waals surface area (Å²) in [4.78, 5) is 13.6. The predicted octanol–water partition coefficient (Wildman–Crippen LogP) is 1.25. The van der Waals surface area contributed by atoms with Gasteiger partial charge in [0.1, 0.15) is 11.6 Å². The third kappa shape index (κ3) is 1.26. The van der Waals surface area contributed by atoms with E-state index in [0.717, 1.165) is 0 Å². The van der Waals surface area contributed by atoms with Crippen LogP contribution in [0.4, 0.5) is 10.2 Å². The highest BCUT2D eigenvalue weighted by Gasteiger charge is 2.00. The standard InChI is InChI=1S/C9H7FN2O/c10-6-2-1-5-3-8(11)12-9(13)7(5)4-6/h1-4H,(H3,11,12,13). The maximum absolute atomic E-state index is 12.7. The zero-order valence-electron chi connectivity index (χ0n) is 6.67. The molecule has 3 nitrogen and oxygen atoms in total. The van der Waals surface area contributed by atoms with Crippen LogP contribution in [0.25, 0.3) is 10.8 Å². The number of fused-ring (bicyclic) bond motifs is 1. The SMILES string of the molecule is Nc1cc2ccc(F)cc2c(=O)[nH]1. The van der Waals surface area contributed by atoms with Gasteiger partial charge in [0.05, 0.1) is 0 Å². The molecule has 4 heteroatoms. The van der Waals surface area contributed by atoms with Crippen molar-refractivity contribution in [1.29, 1.82) is 0 Å². The molecular weight excluding hydrogens is 171 g/mol. The summed E-state index contributed by atoms with van der Waals surface area (Å²) in [7, 11) is 0. The highest BCUT2D eigenvalue weighted by molar-refractivity contribution is 5.83. The minimum atomic E-state index is -0.428. The van der Waals surface area contributed by atoms with Gasteiger partial charge in [0, 0.05) is 5.39 Å². The summed E-state index contributed by atoms with van der Waals surface area (Å²) >= 11 is 0. The number of benzene rings is 1. The molecule has 0 radical (unpaired) electrons. The number of nitrogens with two attached hydrogens (primary N) is 1. The van der Waals surface area contributed by atoms with Gasteiger partial charge in [-0.3, -0.25) is 4.79 Å². The molecule has 0 spiro atoms. The number of nitrogen functional groups attached to an aromatic ring is 1. The van der Waals surface area contributed by atoms with E-state index in [-0.39, 0.29) is 11.4 Å². The van der Waals surface area contributed by atoms with E-state index >= 15 is 0 Å². The van der Waals surface area contributed by atoms with Crippen LogP contribution in [0.3, 0.4) is 0 Å². The van der Waals surface area contributed by atoms with Gasteiger partial charge in [0.2, 0.25) is 0 Å². The van der Waals surface area contributed by atoms with Crippen molar-refractivity contribution >= 4 is 16.6 Å². The van der Waals surface area contributed by atoms with E-state index in [0.29, 0.717) is 10.8 Å². The smallest absolute Gasteiger partial charge is 0.257 e. The lowest BCUT2D eigenvalue weighted by Crippen LogP contribution is -2.08. The molecule has 3 N–H and O–H groups in total. The van der Waals surface area contributed by atoms with Crippen molar-refractivity contribution in [3.63, 3.8) is 0 Å². The zero-order chi connectivity index (χ0) is 9.42. The summed E-state index contributed by atoms with van der Waals surface area (Å²) in [5, 5.41) is 0.955. The Bertz CT molecular complexity index is 518. The Balaban J connectivity index is 2.95. The second kappa shape index (κ2) is 2.58. The number of aromatic nitrogens is 1. The zero-order valence-corrected chi connectivity index (χ0v) is 6.67. The third-order valence-corrected chi connectivity index (χ3v) is 1.83. The molecule has 0 aliphatic heterocycles. The molecule has 0 atom stereocenters. The van der Waals surface area contributed by atoms with Gasteiger partial charge >= 0.3 is 0 Å². The molecule has 0 amide bonds. The average molecular weight is 178 g/mol. The van der Waals surface area contributed by atoms with Gasteiger partial charge in [-0.2, -0.15) is 0 Å². The van der Waals surface area contributed by atoms with Gasteiger partial charge in [0.25, 0.3) is 5.56 Å². The molecule has 0 bridgehead atoms. The minimum Gasteiger partial charge on any atom is -0.385 e. The van der Waals surface area contributed by atoms with Gasteiger partial charge in [-0.05, 0) is 23.6 Å². The molecule has 0 saturated heterocycles. The van der Waals surface area contributed by atoms with Gasteiger partial charge < -0.3 is 10.7 Å². The summed E-state index contributed by atoms with van der Waals surface area (Å²) in [5.74, 6) is -0.146. The summed E-state index contributed by atoms with van der Waals surface area (Å²) in [6.45, 7) is 0. The molecule has 0 unspecified atom stereocenters. The van der Waals surface area contributed by atoms with Gasteiger partial charge in [0.15, 0.2) is 0 Å². The van der Waals surface area contributed by atoms with Crippen LogP contribution in [-0.4, -0.2) is 4.98 Å². The van der Waals surface area contributed by atoms with Crippen molar-refractivity contribution in [3.05, 3.63) is 40.4 Å². The first-order chi connectivity index (χ1) is 6.16. The number of hydrogen-bond donors (Lipinski definition) is 2. The summed E-state index contributed by atoms with van der Waals surface area (Å²) < 4.78 is 12.7. The van der Waals surface area contributed by atoms with Crippen LogP contribution in [0.5, 0.6) is 0 Å². The Labute approximate surface area is 73.0 Å². The first-order valence-corrected chi connectivity index (χ1v) is 3.75. The van der Waals surface area contributed by atoms with Crippen LogP contribution >= 0.6 is 0 Å². The van der Waals surface area contributed by atoms with E-state index in [4.69, 9.17) is 5.73 Å². The number of rotatable bonds is 0. The van der Waals surface area contributed by atoms with E-state index in [2.05, 4.69) is 4.98 Å². The summed E-state index contributed by atoms with van der Waals surface area (Å²) in [5.41, 5.74) is 5.05. The van der Waals surface area contributed by atoms with E-state index in [9.17, 15) is 9.18 Å². The Morgan fingerprint density at radius 3 is 2.85 bits per heavy atom. The normalized spacial score (nSPS) is 10.5. The van der Waals surface area contributed by atoms with Crippen molar-refractivity contribution in [2.24, 2.45) is 0 Å². The second-order valence-electron chi connectivity index (χ2n) is 2.79. The maximum atomic E-state index is 12.7. The van der Waals surface area contributed by atoms with Crippen LogP contribution in [-0.2, 0) is 0 Å². The van der Waals surface area contributed by atoms with Crippen LogP contribution in [0.15, 0.2) is 29.1 Å². The largest absolute Gasteiger partial charge is 0.385 e. The van der Waals surface area contributed by atoms with Gasteiger partial charge in [-0.15, -0.1) is 0 Å². The molecule has 2 rings (SSSR count). The number of aromatic amines is 1. The summed E-state index contributed by atoms with van der Waals surface area (Å²) in [6, 6.07) is 5.60. The van der Waals surface area contributed by atoms with Crippen LogP contribution < -0.4 is 11.3 Å². The minimum absolute atomic E-state index is 0.282. The third-order valence-electron chi connectivity index (χ3n) is 1.83. The Hall–Kier alpha value is -1.84. The van der Waals surface area contributed by atoms with Crippen LogP contribution in [0.2, 0.25) is 0 Å². The van der Waals surface area contributed by atoms with Crippen molar-refractivity contribution in [1.82, 2.24) is 4.98 Å². The second-order valence-corrected chi connectivity index (χ2v) is 2.79. The van der Waals surface area contributed by atoms with Gasteiger partial charge in [-0.25, -0.2) is 4.39 Å².